The monoisotopic (exact) mass is 234 g/mol. The largest absolute Gasteiger partial charge is 0.433 e. The van der Waals surface area contributed by atoms with Gasteiger partial charge in [-0.25, -0.2) is 0 Å². The van der Waals surface area contributed by atoms with Crippen molar-refractivity contribution in [3.63, 3.8) is 0 Å². The average molecular weight is 234 g/mol. The van der Waals surface area contributed by atoms with Crippen LogP contribution in [0.3, 0.4) is 0 Å². The van der Waals surface area contributed by atoms with E-state index in [4.69, 9.17) is 9.84 Å². The van der Waals surface area contributed by atoms with Crippen molar-refractivity contribution in [3.8, 4) is 0 Å². The normalized spacial score (nSPS) is 38.4. The van der Waals surface area contributed by atoms with Crippen molar-refractivity contribution in [1.82, 2.24) is 0 Å². The average Bonchev–Trinajstić information content (AvgIpc) is 2.43. The van der Waals surface area contributed by atoms with Crippen molar-refractivity contribution in [2.75, 3.05) is 6.61 Å². The Morgan fingerprint density at radius 3 is 2.25 bits per heavy atom. The number of carbonyl (C=O) groups excluding carboxylic acids is 2. The highest BCUT2D eigenvalue weighted by atomic mass is 16.7. The van der Waals surface area contributed by atoms with Crippen LogP contribution in [0.25, 0.3) is 0 Å². The Kier molecular flexibility index (Phi) is 3.64. The molecule has 1 unspecified atom stereocenters. The third kappa shape index (κ3) is 1.94. The van der Waals surface area contributed by atoms with Gasteiger partial charge < -0.3 is 24.8 Å². The molecule has 1 rings (SSSR count). The molecule has 0 amide bonds. The highest BCUT2D eigenvalue weighted by Crippen LogP contribution is 2.32. The zero-order valence-corrected chi connectivity index (χ0v) is 8.91. The quantitative estimate of drug-likeness (QED) is 0.481. The van der Waals surface area contributed by atoms with Gasteiger partial charge >= 0.3 is 5.97 Å². The van der Waals surface area contributed by atoms with Crippen LogP contribution in [-0.2, 0) is 19.1 Å². The third-order valence-electron chi connectivity index (χ3n) is 2.52. The van der Waals surface area contributed by atoms with Gasteiger partial charge in [0.1, 0.15) is 12.2 Å². The van der Waals surface area contributed by atoms with Crippen LogP contribution in [0.5, 0.6) is 0 Å². The summed E-state index contributed by atoms with van der Waals surface area (Å²) in [6, 6.07) is 0. The van der Waals surface area contributed by atoms with Gasteiger partial charge in [-0.15, -0.1) is 0 Å². The number of hydrogen-bond acceptors (Lipinski definition) is 7. The second kappa shape index (κ2) is 4.46. The molecule has 1 fully saturated rings. The zero-order valence-electron chi connectivity index (χ0n) is 8.91. The summed E-state index contributed by atoms with van der Waals surface area (Å²) in [5.74, 6) is -1.38. The summed E-state index contributed by atoms with van der Waals surface area (Å²) < 4.78 is 9.52. The van der Waals surface area contributed by atoms with E-state index >= 15 is 0 Å². The molecule has 0 bridgehead atoms. The smallest absolute Gasteiger partial charge is 0.305 e. The first-order valence-corrected chi connectivity index (χ1v) is 4.68. The topological polar surface area (TPSA) is 113 Å². The van der Waals surface area contributed by atoms with Gasteiger partial charge in [0.05, 0.1) is 6.61 Å². The van der Waals surface area contributed by atoms with Gasteiger partial charge in [-0.05, 0) is 6.92 Å². The van der Waals surface area contributed by atoms with E-state index in [9.17, 15) is 19.8 Å². The lowest BCUT2D eigenvalue weighted by atomic mass is 9.92. The maximum Gasteiger partial charge on any atom is 0.305 e. The number of esters is 1. The molecular weight excluding hydrogens is 220 g/mol. The minimum Gasteiger partial charge on any atom is -0.433 e. The summed E-state index contributed by atoms with van der Waals surface area (Å²) in [6.45, 7) is 1.38. The predicted octanol–water partition coefficient (Wildman–Crippen LogP) is -2.05. The van der Waals surface area contributed by atoms with Gasteiger partial charge in [-0.1, -0.05) is 0 Å². The molecule has 16 heavy (non-hydrogen) atoms. The van der Waals surface area contributed by atoms with Crippen LogP contribution in [0.2, 0.25) is 0 Å². The molecule has 3 N–H and O–H groups in total. The lowest BCUT2D eigenvalue weighted by Gasteiger charge is -2.26. The molecular formula is C9H14O7. The van der Waals surface area contributed by atoms with Crippen LogP contribution < -0.4 is 0 Å². The number of aliphatic hydroxyl groups excluding tert-OH is 3. The number of aliphatic hydroxyl groups is 3. The number of ether oxygens (including phenoxy) is 2. The summed E-state index contributed by atoms with van der Waals surface area (Å²) >= 11 is 0. The standard InChI is InChI=1S/C9H14O7/c1-4(11)9(3-10)7(14)6(13)8(16-9)15-5(2)12/h6-8,10,13-14H,3H2,1-2H3/t6-,7+,8?,9+/m1/s1. The molecule has 1 aliphatic heterocycles. The van der Waals surface area contributed by atoms with Crippen molar-refractivity contribution in [3.05, 3.63) is 0 Å². The number of rotatable bonds is 3. The minimum atomic E-state index is -1.93. The molecule has 0 radical (unpaired) electrons. The van der Waals surface area contributed by atoms with Crippen LogP contribution >= 0.6 is 0 Å². The number of carbonyl (C=O) groups is 2. The fraction of sp³-hybridized carbons (Fsp3) is 0.778. The van der Waals surface area contributed by atoms with E-state index < -0.39 is 42.5 Å². The number of Topliss-reactive ketones (excluding diaryl/α,β-unsaturated/α-hetero) is 1. The fourth-order valence-electron chi connectivity index (χ4n) is 1.56. The molecule has 4 atom stereocenters. The Bertz CT molecular complexity index is 302. The molecule has 1 saturated heterocycles. The van der Waals surface area contributed by atoms with Gasteiger partial charge in [0.2, 0.25) is 6.29 Å². The first-order chi connectivity index (χ1) is 7.35. The number of ketones is 1. The zero-order chi connectivity index (χ0) is 12.5. The van der Waals surface area contributed by atoms with E-state index in [-0.39, 0.29) is 0 Å². The first kappa shape index (κ1) is 13.0. The van der Waals surface area contributed by atoms with Crippen molar-refractivity contribution in [1.29, 1.82) is 0 Å². The van der Waals surface area contributed by atoms with Crippen LogP contribution in [-0.4, -0.2) is 57.8 Å². The molecule has 0 aromatic carbocycles. The van der Waals surface area contributed by atoms with Gasteiger partial charge in [-0.2, -0.15) is 0 Å². The second-order valence-electron chi connectivity index (χ2n) is 3.63. The lowest BCUT2D eigenvalue weighted by Crippen LogP contribution is -2.51. The Balaban J connectivity index is 2.92. The fourth-order valence-corrected chi connectivity index (χ4v) is 1.56. The van der Waals surface area contributed by atoms with E-state index in [2.05, 4.69) is 4.74 Å². The van der Waals surface area contributed by atoms with Gasteiger partial charge in [0.15, 0.2) is 11.4 Å². The highest BCUT2D eigenvalue weighted by molar-refractivity contribution is 5.86. The van der Waals surface area contributed by atoms with Gasteiger partial charge in [-0.3, -0.25) is 9.59 Å². The molecule has 1 aliphatic rings. The maximum atomic E-state index is 11.3. The Labute approximate surface area is 91.6 Å². The summed E-state index contributed by atoms with van der Waals surface area (Å²) in [4.78, 5) is 22.0. The SMILES string of the molecule is CC(=O)OC1O[C@@](CO)(C(C)=O)[C@@H](O)[C@H]1O. The summed E-state index contributed by atoms with van der Waals surface area (Å²) in [5, 5.41) is 28.2. The van der Waals surface area contributed by atoms with E-state index in [0.29, 0.717) is 0 Å². The summed E-state index contributed by atoms with van der Waals surface area (Å²) in [7, 11) is 0. The van der Waals surface area contributed by atoms with Crippen molar-refractivity contribution in [2.24, 2.45) is 0 Å². The molecule has 0 aromatic heterocycles. The van der Waals surface area contributed by atoms with E-state index in [1.807, 2.05) is 0 Å². The van der Waals surface area contributed by atoms with Crippen molar-refractivity contribution < 1.29 is 34.4 Å². The summed E-state index contributed by atoms with van der Waals surface area (Å²) in [6.07, 6.45) is -4.66. The van der Waals surface area contributed by atoms with Gasteiger partial charge in [0.25, 0.3) is 0 Å². The highest BCUT2D eigenvalue weighted by Gasteiger charge is 2.58. The predicted molar refractivity (Wildman–Crippen MR) is 49.2 cm³/mol. The Morgan fingerprint density at radius 2 is 1.94 bits per heavy atom. The number of hydrogen-bond donors (Lipinski definition) is 3. The van der Waals surface area contributed by atoms with Crippen molar-refractivity contribution >= 4 is 11.8 Å². The van der Waals surface area contributed by atoms with Crippen LogP contribution in [0.15, 0.2) is 0 Å². The molecule has 7 nitrogen and oxygen atoms in total. The van der Waals surface area contributed by atoms with Crippen LogP contribution in [0.4, 0.5) is 0 Å². The van der Waals surface area contributed by atoms with Gasteiger partial charge in [0, 0.05) is 6.92 Å². The molecule has 0 spiro atoms. The maximum absolute atomic E-state index is 11.3. The minimum absolute atomic E-state index is 0.656. The molecule has 7 heteroatoms. The molecule has 1 heterocycles. The summed E-state index contributed by atoms with van der Waals surface area (Å²) in [5.41, 5.74) is -1.93. The molecule has 0 saturated carbocycles. The van der Waals surface area contributed by atoms with E-state index in [1.165, 1.54) is 0 Å². The van der Waals surface area contributed by atoms with Crippen LogP contribution in [0, 0.1) is 0 Å². The van der Waals surface area contributed by atoms with E-state index in [0.717, 1.165) is 13.8 Å². The van der Waals surface area contributed by atoms with E-state index in [1.54, 1.807) is 0 Å². The molecule has 0 aromatic rings. The van der Waals surface area contributed by atoms with Crippen LogP contribution in [0.1, 0.15) is 13.8 Å². The Morgan fingerprint density at radius 1 is 1.38 bits per heavy atom. The molecule has 0 aliphatic carbocycles. The lowest BCUT2D eigenvalue weighted by molar-refractivity contribution is -0.204. The van der Waals surface area contributed by atoms with Crippen molar-refractivity contribution in [2.45, 2.75) is 37.9 Å². The molecule has 92 valence electrons. The first-order valence-electron chi connectivity index (χ1n) is 4.68. The Hall–Kier alpha value is -1.02. The third-order valence-corrected chi connectivity index (χ3v) is 2.52. The second-order valence-corrected chi connectivity index (χ2v) is 3.63.